The number of nitrogen functional groups attached to an aromatic ring is 1. The minimum Gasteiger partial charge on any atom is -0.444 e. The van der Waals surface area contributed by atoms with E-state index in [1.165, 1.54) is 63.2 Å². The lowest BCUT2D eigenvalue weighted by molar-refractivity contribution is 0.00578. The number of hydrogen-bond acceptors (Lipinski definition) is 33. The first-order chi connectivity index (χ1) is 57.5. The van der Waals surface area contributed by atoms with Crippen LogP contribution in [0.5, 0.6) is 0 Å². The van der Waals surface area contributed by atoms with Gasteiger partial charge in [0, 0.05) is 31.7 Å². The number of piperidine rings is 2. The van der Waals surface area contributed by atoms with Crippen molar-refractivity contribution in [3.05, 3.63) is 127 Å². The summed E-state index contributed by atoms with van der Waals surface area (Å²) in [5.41, 5.74) is 7.70. The van der Waals surface area contributed by atoms with Crippen LogP contribution < -0.4 is 21.8 Å². The van der Waals surface area contributed by atoms with Gasteiger partial charge in [-0.25, -0.2) is 65.9 Å². The van der Waals surface area contributed by atoms with E-state index in [1.807, 2.05) is 82.8 Å². The number of rotatable bonds is 14. The molecule has 0 aliphatic carbocycles. The van der Waals surface area contributed by atoms with E-state index in [0.717, 1.165) is 36.8 Å². The quantitative estimate of drug-likeness (QED) is 0.0672. The largest absolute Gasteiger partial charge is 0.494 e. The highest BCUT2D eigenvalue weighted by atomic mass is 79.9. The first-order valence-electron chi connectivity index (χ1n) is 38.8. The molecule has 2 atom stereocenters. The first kappa shape index (κ1) is 93.6. The second-order valence-corrected chi connectivity index (χ2v) is 42.5. The Balaban J connectivity index is 0.000000169. The fraction of sp³-hybridized carbons (Fsp3) is 0.432. The van der Waals surface area contributed by atoms with E-state index in [4.69, 9.17) is 47.2 Å². The van der Waals surface area contributed by atoms with Crippen molar-refractivity contribution in [2.24, 2.45) is 0 Å². The van der Waals surface area contributed by atoms with Crippen LogP contribution in [0.15, 0.2) is 134 Å². The molecule has 42 heteroatoms. The highest BCUT2D eigenvalue weighted by Gasteiger charge is 2.52. The molecule has 3 aliphatic rings. The number of halogens is 2. The molecule has 0 spiro atoms. The number of nitrogens with zero attached hydrogens (tertiary/aromatic N) is 14. The van der Waals surface area contributed by atoms with Crippen LogP contribution in [0.3, 0.4) is 0 Å². The zero-order chi connectivity index (χ0) is 89.7. The second-order valence-electron chi connectivity index (χ2n) is 33.7. The molecule has 0 radical (unpaired) electrons. The molecule has 12 heterocycles. The molecular weight excluding hydrogens is 1810 g/mol. The van der Waals surface area contributed by atoms with Crippen molar-refractivity contribution < 1.29 is 77.5 Å². The fourth-order valence-electron chi connectivity index (χ4n) is 12.1. The van der Waals surface area contributed by atoms with Gasteiger partial charge in [-0.15, -0.1) is 64.6 Å². The van der Waals surface area contributed by atoms with Gasteiger partial charge in [0.2, 0.25) is 0 Å². The molecule has 11 aromatic rings. The number of aryl methyl sites for hydroxylation is 3. The summed E-state index contributed by atoms with van der Waals surface area (Å²) in [6.45, 7) is 36.2. The summed E-state index contributed by atoms with van der Waals surface area (Å²) >= 11 is 11.0. The van der Waals surface area contributed by atoms with Crippen molar-refractivity contribution in [1.29, 1.82) is 0 Å². The number of anilines is 3. The molecule has 123 heavy (non-hydrogen) atoms. The average molecular weight is 1910 g/mol. The van der Waals surface area contributed by atoms with Crippen molar-refractivity contribution >= 4 is 140 Å². The maximum absolute atomic E-state index is 13.6. The third-order valence-electron chi connectivity index (χ3n) is 18.7. The smallest absolute Gasteiger partial charge is 0.444 e. The molecule has 0 bridgehead atoms. The summed E-state index contributed by atoms with van der Waals surface area (Å²) in [5.74, 6) is 2.04. The Labute approximate surface area is 741 Å². The van der Waals surface area contributed by atoms with Gasteiger partial charge in [-0.2, -0.15) is 0 Å². The fourth-order valence-corrected chi connectivity index (χ4v) is 18.7. The number of thiophene rings is 3. The predicted octanol–water partition coefficient (Wildman–Crippen LogP) is 17.5. The zero-order valence-electron chi connectivity index (χ0n) is 71.3. The molecule has 9 aromatic heterocycles. The van der Waals surface area contributed by atoms with Gasteiger partial charge >= 0.3 is 31.5 Å². The van der Waals surface area contributed by atoms with Gasteiger partial charge in [0.1, 0.15) is 31.6 Å². The monoisotopic (exact) mass is 1910 g/mol. The maximum atomic E-state index is 13.6. The van der Waals surface area contributed by atoms with E-state index in [1.54, 1.807) is 131 Å². The Morgan fingerprint density at radius 1 is 0.488 bits per heavy atom. The number of aromatic nitrogens is 12. The lowest BCUT2D eigenvalue weighted by Gasteiger charge is -2.33. The van der Waals surface area contributed by atoms with Crippen molar-refractivity contribution in [2.75, 3.05) is 42.5 Å². The number of carbonyl (C=O) groups is 4. The Morgan fingerprint density at radius 3 is 1.22 bits per heavy atom. The van der Waals surface area contributed by atoms with Crippen LogP contribution in [0, 0.1) is 20.8 Å². The number of amides is 4. The third kappa shape index (κ3) is 24.1. The standard InChI is InChI=1S/C32H38N6O7S2.C22H34BNO6S.C16H16BrN5O3S.C11H8BrN5OS/c1-19-14-16-46-25(19)28-37-36-27(43-28)24-26(35-29(39)44-31(2,3)4)33-17-23(34-24)20-10-12-21(13-11-20)47(41,42)22-9-8-15-38(18-22)30(40)45-32(5,6)7;1-20(2,3)28-19(25)24-14-8-9-18(15-24)31(26,27)17-12-10-16(11-13-17)23-29-21(4,5)22(6,7)30-23;1-8-5-6-26-11(8)14-22-21-13(24-14)10-12(18-7-9(17)19-10)20-15(23)25-16(2,3)4;1-5-2-3-19-8(5)11-17-16-10(18-11)7-9(13)14-4-6(12)15-7/h10-14,16-17,22H,8-9,15,18H2,1-7H3,(H,33,35,39);10-13,18H,8-9,14-15H2,1-7H3;5-7H,1-4H3,(H,18,20,23);2-4H,1H3,(H2,13,14). The van der Waals surface area contributed by atoms with Gasteiger partial charge in [-0.1, -0.05) is 24.3 Å². The molecule has 4 N–H and O–H groups in total. The Hall–Kier alpha value is -10.1. The van der Waals surface area contributed by atoms with Crippen LogP contribution in [0.4, 0.5) is 36.6 Å². The minimum atomic E-state index is -3.76. The normalized spacial score (nSPS) is 16.1. The molecule has 2 unspecified atom stereocenters. The van der Waals surface area contributed by atoms with Crippen LogP contribution >= 0.6 is 65.9 Å². The highest BCUT2D eigenvalue weighted by molar-refractivity contribution is 9.10. The van der Waals surface area contributed by atoms with Gasteiger partial charge in [0.05, 0.1) is 70.4 Å². The van der Waals surface area contributed by atoms with Crippen molar-refractivity contribution in [3.63, 3.8) is 0 Å². The number of benzene rings is 2. The Bertz CT molecular complexity index is 5840. The summed E-state index contributed by atoms with van der Waals surface area (Å²) in [7, 11) is -7.89. The molecule has 3 fully saturated rings. The number of likely N-dealkylation sites (tertiary alicyclic amines) is 2. The summed E-state index contributed by atoms with van der Waals surface area (Å²) in [6, 6.07) is 18.9. The lowest BCUT2D eigenvalue weighted by atomic mass is 9.79. The van der Waals surface area contributed by atoms with E-state index in [-0.39, 0.29) is 69.4 Å². The average Bonchev–Trinajstić information content (AvgIpc) is 1.62. The van der Waals surface area contributed by atoms with Gasteiger partial charge in [0.25, 0.3) is 35.3 Å². The van der Waals surface area contributed by atoms with E-state index in [2.05, 4.69) is 103 Å². The van der Waals surface area contributed by atoms with Crippen LogP contribution in [0.25, 0.3) is 78.3 Å². The SMILES string of the molecule is CC(C)(C)OC(=O)N1CCCC(S(=O)(=O)c2ccc(B3OC(C)(C)C(C)(C)O3)cc2)C1.Cc1ccsc1-c1nnc(-c2nc(-c3ccc(S(=O)(=O)C4CCCN(C(=O)OC(C)(C)C)C4)cc3)cnc2NC(=O)OC(C)(C)C)o1.Cc1ccsc1-c1nnc(-c2nc(Br)cnc2N)o1.Cc1ccsc1-c1nnc(-c2nc(Br)cnc2NC(=O)OC(C)(C)C)o1. The number of sulfone groups is 2. The van der Waals surface area contributed by atoms with Gasteiger partial charge < -0.3 is 57.0 Å². The zero-order valence-corrected chi connectivity index (χ0v) is 78.5. The maximum Gasteiger partial charge on any atom is 0.494 e. The van der Waals surface area contributed by atoms with Gasteiger partial charge in [0.15, 0.2) is 54.2 Å². The molecule has 4 amide bonds. The Morgan fingerprint density at radius 2 is 0.837 bits per heavy atom. The van der Waals surface area contributed by atoms with E-state index >= 15 is 0 Å². The number of nitrogens with two attached hydrogens (primary N) is 1. The first-order valence-corrected chi connectivity index (χ1v) is 46.1. The lowest BCUT2D eigenvalue weighted by Crippen LogP contribution is -2.47. The van der Waals surface area contributed by atoms with Crippen LogP contribution in [-0.2, 0) is 47.9 Å². The molecule has 14 rings (SSSR count). The topological polar surface area (TPSA) is 443 Å². The number of hydrogen-bond donors (Lipinski definition) is 3. The summed E-state index contributed by atoms with van der Waals surface area (Å²) in [4.78, 5) is 81.4. The summed E-state index contributed by atoms with van der Waals surface area (Å²) < 4.78 is 106. The number of ether oxygens (including phenoxy) is 4. The third-order valence-corrected chi connectivity index (χ3v) is 26.9. The van der Waals surface area contributed by atoms with E-state index in [9.17, 15) is 36.0 Å². The summed E-state index contributed by atoms with van der Waals surface area (Å²) in [5, 5.41) is 34.1. The van der Waals surface area contributed by atoms with E-state index in [0.29, 0.717) is 82.6 Å². The molecule has 3 saturated heterocycles. The van der Waals surface area contributed by atoms with Crippen molar-refractivity contribution in [2.45, 2.75) is 211 Å². The van der Waals surface area contributed by atoms with Crippen LogP contribution in [0.1, 0.15) is 153 Å². The van der Waals surface area contributed by atoms with Crippen LogP contribution in [-0.4, -0.2) is 189 Å². The Kier molecular flexibility index (Phi) is 28.8. The molecule has 34 nitrogen and oxygen atoms in total. The number of nitrogens with one attached hydrogen (secondary N) is 2. The van der Waals surface area contributed by atoms with Gasteiger partial charge in [-0.3, -0.25) is 10.6 Å². The second kappa shape index (κ2) is 37.8. The number of carbonyl (C=O) groups excluding carboxylic acids is 4. The molecular formula is C81H96BBr2N17O17S5. The molecule has 0 saturated carbocycles. The molecule has 654 valence electrons. The predicted molar refractivity (Wildman–Crippen MR) is 473 cm³/mol. The molecule has 3 aliphatic heterocycles. The summed E-state index contributed by atoms with van der Waals surface area (Å²) in [6.07, 6.45) is 4.15. The highest BCUT2D eigenvalue weighted by Crippen LogP contribution is 2.40. The molecule has 2 aromatic carbocycles. The van der Waals surface area contributed by atoms with Gasteiger partial charge in [-0.05, 0) is 270 Å². The van der Waals surface area contributed by atoms with Crippen molar-refractivity contribution in [1.82, 2.24) is 70.3 Å². The van der Waals surface area contributed by atoms with Crippen molar-refractivity contribution in [3.8, 4) is 78.3 Å². The minimum absolute atomic E-state index is 0.0271. The van der Waals surface area contributed by atoms with E-state index < -0.39 is 95.3 Å². The van der Waals surface area contributed by atoms with Crippen LogP contribution in [0.2, 0.25) is 0 Å².